The summed E-state index contributed by atoms with van der Waals surface area (Å²) in [6.07, 6.45) is 0. The molecule has 11 heavy (non-hydrogen) atoms. The fourth-order valence-electron chi connectivity index (χ4n) is 0.884. The van der Waals surface area contributed by atoms with Crippen LogP contribution in [0.1, 0.15) is 0 Å². The maximum absolute atomic E-state index is 5.46. The average Bonchev–Trinajstić information content (AvgIpc) is 2.46. The first-order valence-electron chi connectivity index (χ1n) is 3.04. The Balaban J connectivity index is 2.69. The molecule has 1 aromatic carbocycles. The van der Waals surface area contributed by atoms with Crippen LogP contribution in [0.2, 0.25) is 0 Å². The van der Waals surface area contributed by atoms with E-state index in [1.165, 1.54) is 0 Å². The van der Waals surface area contributed by atoms with Gasteiger partial charge in [-0.2, -0.15) is 0 Å². The van der Waals surface area contributed by atoms with E-state index in [0.29, 0.717) is 5.22 Å². The van der Waals surface area contributed by atoms with Gasteiger partial charge in [-0.1, -0.05) is 12.1 Å². The van der Waals surface area contributed by atoms with Gasteiger partial charge in [0.15, 0.2) is 5.58 Å². The van der Waals surface area contributed by atoms with Crippen LogP contribution in [0.15, 0.2) is 33.9 Å². The van der Waals surface area contributed by atoms with Gasteiger partial charge < -0.3 is 4.42 Å². The topological polar surface area (TPSA) is 26.0 Å². The summed E-state index contributed by atoms with van der Waals surface area (Å²) in [7, 11) is 6.45. The lowest BCUT2D eigenvalue weighted by molar-refractivity contribution is 0.491. The first kappa shape index (κ1) is 7.00. The largest absolute Gasteiger partial charge is 0.431 e. The number of benzene rings is 1. The van der Waals surface area contributed by atoms with Crippen molar-refractivity contribution in [1.29, 1.82) is 0 Å². The van der Waals surface area contributed by atoms with Crippen molar-refractivity contribution in [3.05, 3.63) is 24.3 Å². The zero-order chi connectivity index (χ0) is 7.68. The monoisotopic (exact) mass is 185 g/mol. The van der Waals surface area contributed by atoms with E-state index < -0.39 is 0 Å². The Morgan fingerprint density at radius 2 is 2.18 bits per heavy atom. The third kappa shape index (κ3) is 1.21. The molecule has 2 aromatic rings. The van der Waals surface area contributed by atoms with Gasteiger partial charge >= 0.3 is 0 Å². The van der Waals surface area contributed by atoms with Crippen LogP contribution >= 0.6 is 21.7 Å². The number of hydrogen-bond acceptors (Lipinski definition) is 3. The lowest BCUT2D eigenvalue weighted by Gasteiger charge is -1.79. The van der Waals surface area contributed by atoms with Crippen molar-refractivity contribution in [2.24, 2.45) is 0 Å². The average molecular weight is 186 g/mol. The van der Waals surface area contributed by atoms with E-state index in [1.54, 1.807) is 0 Å². The molecule has 0 aliphatic carbocycles. The van der Waals surface area contributed by atoms with Crippen LogP contribution in [0, 0.1) is 0 Å². The fourth-order valence-corrected chi connectivity index (χ4v) is 1.34. The van der Waals surface area contributed by atoms with Crippen LogP contribution < -0.4 is 0 Å². The minimum Gasteiger partial charge on any atom is -0.431 e. The number of aromatic nitrogens is 1. The molecule has 2 nitrogen and oxygen atoms in total. The van der Waals surface area contributed by atoms with Crippen molar-refractivity contribution in [3.8, 4) is 0 Å². The summed E-state index contributed by atoms with van der Waals surface area (Å²) in [5, 5.41) is 0.493. The highest BCUT2D eigenvalue weighted by Gasteiger charge is 2.02. The molecule has 0 amide bonds. The smallest absolute Gasteiger partial charge is 0.272 e. The highest BCUT2D eigenvalue weighted by atomic mass is 35.7. The maximum atomic E-state index is 5.46. The Morgan fingerprint density at radius 3 is 2.91 bits per heavy atom. The van der Waals surface area contributed by atoms with Gasteiger partial charge in [0.2, 0.25) is 0 Å². The Bertz CT molecular complexity index is 340. The summed E-state index contributed by atoms with van der Waals surface area (Å²) in [6.45, 7) is 0. The predicted molar refractivity (Wildman–Crippen MR) is 45.7 cm³/mol. The Kier molecular flexibility index (Phi) is 1.75. The molecule has 0 unspecified atom stereocenters. The molecule has 1 heterocycles. The molecule has 0 spiro atoms. The van der Waals surface area contributed by atoms with Crippen LogP contribution in [0.4, 0.5) is 0 Å². The van der Waals surface area contributed by atoms with Crippen LogP contribution in [-0.4, -0.2) is 4.98 Å². The first-order valence-corrected chi connectivity index (χ1v) is 4.68. The molecule has 0 bridgehead atoms. The second kappa shape index (κ2) is 2.75. The van der Waals surface area contributed by atoms with Crippen molar-refractivity contribution >= 4 is 32.8 Å². The lowest BCUT2D eigenvalue weighted by Crippen LogP contribution is -1.63. The van der Waals surface area contributed by atoms with Crippen molar-refractivity contribution in [2.75, 3.05) is 0 Å². The fraction of sp³-hybridized carbons (Fsp3) is 0. The number of fused-ring (bicyclic) bond motifs is 1. The summed E-state index contributed by atoms with van der Waals surface area (Å²) in [4.78, 5) is 4.10. The molecule has 0 saturated heterocycles. The third-order valence-electron chi connectivity index (χ3n) is 1.34. The Labute approximate surface area is 72.1 Å². The zero-order valence-electron chi connectivity index (χ0n) is 5.45. The number of hydrogen-bond donors (Lipinski definition) is 0. The second-order valence-electron chi connectivity index (χ2n) is 2.02. The van der Waals surface area contributed by atoms with E-state index in [1.807, 2.05) is 24.3 Å². The highest BCUT2D eigenvalue weighted by Crippen LogP contribution is 2.25. The molecular weight excluding hydrogens is 182 g/mol. The molecule has 0 fully saturated rings. The van der Waals surface area contributed by atoms with E-state index in [0.717, 1.165) is 22.1 Å². The summed E-state index contributed by atoms with van der Waals surface area (Å²) < 4.78 is 5.24. The lowest BCUT2D eigenvalue weighted by atomic mass is 10.3. The molecule has 2 rings (SSSR count). The molecule has 0 saturated carbocycles. The minimum atomic E-state index is 0.493. The van der Waals surface area contributed by atoms with Gasteiger partial charge in [0.05, 0.1) is 0 Å². The molecule has 4 heteroatoms. The van der Waals surface area contributed by atoms with Crippen molar-refractivity contribution in [1.82, 2.24) is 4.98 Å². The molecular formula is C7H4ClNOS. The molecule has 0 aliphatic rings. The molecule has 56 valence electrons. The third-order valence-corrected chi connectivity index (χ3v) is 2.04. The normalized spacial score (nSPS) is 10.6. The summed E-state index contributed by atoms with van der Waals surface area (Å²) in [5.41, 5.74) is 1.62. The van der Waals surface area contributed by atoms with Crippen molar-refractivity contribution in [3.63, 3.8) is 0 Å². The number of rotatable bonds is 1. The van der Waals surface area contributed by atoms with Crippen molar-refractivity contribution in [2.45, 2.75) is 5.22 Å². The van der Waals surface area contributed by atoms with E-state index in [-0.39, 0.29) is 0 Å². The molecule has 0 radical (unpaired) electrons. The van der Waals surface area contributed by atoms with Gasteiger partial charge in [-0.25, -0.2) is 4.98 Å². The van der Waals surface area contributed by atoms with Gasteiger partial charge in [0.25, 0.3) is 5.22 Å². The van der Waals surface area contributed by atoms with Crippen LogP contribution in [0.25, 0.3) is 11.1 Å². The number of oxazole rings is 1. The van der Waals surface area contributed by atoms with Crippen LogP contribution in [0.3, 0.4) is 0 Å². The quantitative estimate of drug-likeness (QED) is 0.683. The molecule has 0 atom stereocenters. The number of para-hydroxylation sites is 2. The SMILES string of the molecule is ClSc1nc2ccccc2o1. The standard InChI is InChI=1S/C7H4ClNOS/c8-11-7-9-5-3-1-2-4-6(5)10-7/h1-4H. The van der Waals surface area contributed by atoms with Gasteiger partial charge in [-0.15, -0.1) is 0 Å². The molecule has 0 N–H and O–H groups in total. The van der Waals surface area contributed by atoms with Gasteiger partial charge in [-0.3, -0.25) is 0 Å². The first-order chi connectivity index (χ1) is 5.40. The van der Waals surface area contributed by atoms with E-state index >= 15 is 0 Å². The summed E-state index contributed by atoms with van der Waals surface area (Å²) >= 11 is 0. The number of nitrogens with zero attached hydrogens (tertiary/aromatic N) is 1. The summed E-state index contributed by atoms with van der Waals surface area (Å²) in [6, 6.07) is 7.55. The van der Waals surface area contributed by atoms with Crippen molar-refractivity contribution < 1.29 is 4.42 Å². The van der Waals surface area contributed by atoms with E-state index in [9.17, 15) is 0 Å². The highest BCUT2D eigenvalue weighted by molar-refractivity contribution is 8.20. The zero-order valence-corrected chi connectivity index (χ0v) is 7.02. The Hall–Kier alpha value is -0.670. The Morgan fingerprint density at radius 1 is 1.36 bits per heavy atom. The van der Waals surface area contributed by atoms with Gasteiger partial charge in [0, 0.05) is 11.0 Å². The second-order valence-corrected chi connectivity index (χ2v) is 2.99. The van der Waals surface area contributed by atoms with Crippen LogP contribution in [0.5, 0.6) is 0 Å². The maximum Gasteiger partial charge on any atom is 0.272 e. The molecule has 0 aliphatic heterocycles. The van der Waals surface area contributed by atoms with Gasteiger partial charge in [0.1, 0.15) is 5.52 Å². The minimum absolute atomic E-state index is 0.493. The number of halogens is 1. The molecule has 1 aromatic heterocycles. The van der Waals surface area contributed by atoms with Gasteiger partial charge in [-0.05, 0) is 22.8 Å². The van der Waals surface area contributed by atoms with E-state index in [2.05, 4.69) is 4.98 Å². The van der Waals surface area contributed by atoms with Crippen LogP contribution in [-0.2, 0) is 0 Å². The van der Waals surface area contributed by atoms with E-state index in [4.69, 9.17) is 15.1 Å². The summed E-state index contributed by atoms with van der Waals surface area (Å²) in [5.74, 6) is 0. The predicted octanol–water partition coefficient (Wildman–Crippen LogP) is 3.07.